The highest BCUT2D eigenvalue weighted by Gasteiger charge is 2.30. The molecular formula is C8H9NO4S2. The molecule has 3 N–H and O–H groups in total. The maximum atomic E-state index is 11.5. The lowest BCUT2D eigenvalue weighted by Crippen LogP contribution is -2.11. The zero-order chi connectivity index (χ0) is 11.2. The van der Waals surface area contributed by atoms with Crippen LogP contribution in [0.15, 0.2) is 4.90 Å². The number of Topliss-reactive ketones (excluding diaryl/α,β-unsaturated/α-hetero) is 1. The number of nitrogen functional groups attached to an aromatic ring is 1. The SMILES string of the molecule is Nc1sc2c(c1S(=O)(=O)O)CCCC2=O. The van der Waals surface area contributed by atoms with Gasteiger partial charge in [-0.2, -0.15) is 8.42 Å². The summed E-state index contributed by atoms with van der Waals surface area (Å²) >= 11 is 0.941. The van der Waals surface area contributed by atoms with E-state index in [1.165, 1.54) is 0 Å². The molecule has 0 bridgehead atoms. The second kappa shape index (κ2) is 3.29. The molecule has 1 aromatic rings. The number of rotatable bonds is 1. The first-order chi connectivity index (χ1) is 6.91. The van der Waals surface area contributed by atoms with Crippen molar-refractivity contribution < 1.29 is 17.8 Å². The molecule has 0 atom stereocenters. The van der Waals surface area contributed by atoms with Gasteiger partial charge in [-0.05, 0) is 18.4 Å². The number of hydrogen-bond donors (Lipinski definition) is 2. The Morgan fingerprint density at radius 3 is 2.60 bits per heavy atom. The van der Waals surface area contributed by atoms with Crippen LogP contribution < -0.4 is 5.73 Å². The number of ketones is 1. The fraction of sp³-hybridized carbons (Fsp3) is 0.375. The standard InChI is InChI=1S/C8H9NO4S2/c9-8-7(15(11,12)13)4-2-1-3-5(10)6(4)14-8/h1-3,9H2,(H,11,12,13). The number of carbonyl (C=O) groups excluding carboxylic acids is 1. The molecule has 1 aliphatic rings. The van der Waals surface area contributed by atoms with Gasteiger partial charge in [-0.3, -0.25) is 9.35 Å². The molecule has 0 amide bonds. The van der Waals surface area contributed by atoms with E-state index in [4.69, 9.17) is 10.3 Å². The number of anilines is 1. The Balaban J connectivity index is 2.73. The number of carbonyl (C=O) groups is 1. The first-order valence-electron chi connectivity index (χ1n) is 4.33. The summed E-state index contributed by atoms with van der Waals surface area (Å²) in [6.07, 6.45) is 1.49. The first-order valence-corrected chi connectivity index (χ1v) is 6.58. The minimum Gasteiger partial charge on any atom is -0.389 e. The molecule has 0 unspecified atom stereocenters. The van der Waals surface area contributed by atoms with Gasteiger partial charge < -0.3 is 5.73 Å². The number of nitrogens with two attached hydrogens (primary N) is 1. The first kappa shape index (κ1) is 10.6. The van der Waals surface area contributed by atoms with E-state index in [0.29, 0.717) is 29.7 Å². The average molecular weight is 247 g/mol. The third kappa shape index (κ3) is 1.66. The van der Waals surface area contributed by atoms with Crippen molar-refractivity contribution in [2.45, 2.75) is 24.2 Å². The van der Waals surface area contributed by atoms with E-state index in [9.17, 15) is 13.2 Å². The molecular weight excluding hydrogens is 238 g/mol. The van der Waals surface area contributed by atoms with Gasteiger partial charge in [0.1, 0.15) is 9.90 Å². The van der Waals surface area contributed by atoms with Crippen LogP contribution in [0.5, 0.6) is 0 Å². The van der Waals surface area contributed by atoms with Crippen LogP contribution in [0, 0.1) is 0 Å². The molecule has 0 radical (unpaired) electrons. The summed E-state index contributed by atoms with van der Waals surface area (Å²) in [4.78, 5) is 11.6. The Bertz CT molecular complexity index is 529. The predicted octanol–water partition coefficient (Wildman–Crippen LogP) is 1.10. The maximum absolute atomic E-state index is 11.5. The third-order valence-electron chi connectivity index (χ3n) is 2.33. The summed E-state index contributed by atoms with van der Waals surface area (Å²) in [6.45, 7) is 0. The van der Waals surface area contributed by atoms with Crippen molar-refractivity contribution >= 4 is 32.2 Å². The molecule has 0 aliphatic heterocycles. The number of fused-ring (bicyclic) bond motifs is 1. The fourth-order valence-electron chi connectivity index (χ4n) is 1.74. The molecule has 1 aliphatic carbocycles. The minimum atomic E-state index is -4.32. The highest BCUT2D eigenvalue weighted by Crippen LogP contribution is 2.38. The van der Waals surface area contributed by atoms with Crippen LogP contribution in [0.3, 0.4) is 0 Å². The van der Waals surface area contributed by atoms with Crippen LogP contribution in [-0.2, 0) is 16.5 Å². The summed E-state index contributed by atoms with van der Waals surface area (Å²) in [7, 11) is -4.32. The molecule has 0 spiro atoms. The molecule has 0 saturated carbocycles. The number of thiophene rings is 1. The van der Waals surface area contributed by atoms with Gasteiger partial charge in [0.2, 0.25) is 0 Å². The fourth-order valence-corrected chi connectivity index (χ4v) is 4.00. The zero-order valence-corrected chi connectivity index (χ0v) is 9.32. The predicted molar refractivity (Wildman–Crippen MR) is 55.8 cm³/mol. The van der Waals surface area contributed by atoms with Gasteiger partial charge in [0, 0.05) is 6.42 Å². The van der Waals surface area contributed by atoms with Gasteiger partial charge in [-0.15, -0.1) is 11.3 Å². The normalized spacial score (nSPS) is 16.5. The third-order valence-corrected chi connectivity index (χ3v) is 4.54. The molecule has 5 nitrogen and oxygen atoms in total. The van der Waals surface area contributed by atoms with E-state index in [-0.39, 0.29) is 15.7 Å². The quantitative estimate of drug-likeness (QED) is 0.724. The van der Waals surface area contributed by atoms with E-state index in [2.05, 4.69) is 0 Å². The van der Waals surface area contributed by atoms with Crippen molar-refractivity contribution in [2.24, 2.45) is 0 Å². The highest BCUT2D eigenvalue weighted by atomic mass is 32.2. The van der Waals surface area contributed by atoms with Crippen LogP contribution in [0.4, 0.5) is 5.00 Å². The molecule has 0 fully saturated rings. The van der Waals surface area contributed by atoms with Gasteiger partial charge in [-0.25, -0.2) is 0 Å². The van der Waals surface area contributed by atoms with Crippen molar-refractivity contribution in [3.05, 3.63) is 10.4 Å². The van der Waals surface area contributed by atoms with Gasteiger partial charge in [-0.1, -0.05) is 0 Å². The smallest absolute Gasteiger partial charge is 0.297 e. The van der Waals surface area contributed by atoms with Crippen LogP contribution in [-0.4, -0.2) is 18.8 Å². The second-order valence-corrected chi connectivity index (χ2v) is 5.77. The Morgan fingerprint density at radius 2 is 2.00 bits per heavy atom. The van der Waals surface area contributed by atoms with Gasteiger partial charge in [0.25, 0.3) is 10.1 Å². The Labute approximate surface area is 90.7 Å². The topological polar surface area (TPSA) is 97.5 Å². The van der Waals surface area contributed by atoms with Crippen LogP contribution in [0.2, 0.25) is 0 Å². The van der Waals surface area contributed by atoms with E-state index in [1.807, 2.05) is 0 Å². The minimum absolute atomic E-state index is 0.00208. The van der Waals surface area contributed by atoms with Crippen molar-refractivity contribution in [3.63, 3.8) is 0 Å². The van der Waals surface area contributed by atoms with Crippen molar-refractivity contribution in [1.82, 2.24) is 0 Å². The molecule has 7 heteroatoms. The molecule has 1 aromatic heterocycles. The van der Waals surface area contributed by atoms with E-state index in [0.717, 1.165) is 11.3 Å². The van der Waals surface area contributed by atoms with Crippen LogP contribution in [0.1, 0.15) is 28.1 Å². The van der Waals surface area contributed by atoms with Gasteiger partial charge in [0.05, 0.1) is 4.88 Å². The molecule has 82 valence electrons. The van der Waals surface area contributed by atoms with E-state index >= 15 is 0 Å². The van der Waals surface area contributed by atoms with Crippen molar-refractivity contribution in [1.29, 1.82) is 0 Å². The van der Waals surface area contributed by atoms with E-state index in [1.54, 1.807) is 0 Å². The highest BCUT2D eigenvalue weighted by molar-refractivity contribution is 7.86. The molecule has 15 heavy (non-hydrogen) atoms. The van der Waals surface area contributed by atoms with E-state index < -0.39 is 10.1 Å². The largest absolute Gasteiger partial charge is 0.389 e. The maximum Gasteiger partial charge on any atom is 0.297 e. The Morgan fingerprint density at radius 1 is 1.33 bits per heavy atom. The Kier molecular flexibility index (Phi) is 2.32. The van der Waals surface area contributed by atoms with Crippen LogP contribution in [0.25, 0.3) is 0 Å². The lowest BCUT2D eigenvalue weighted by molar-refractivity contribution is 0.0976. The summed E-state index contributed by atoms with van der Waals surface area (Å²) in [5.41, 5.74) is 5.88. The van der Waals surface area contributed by atoms with Crippen LogP contribution >= 0.6 is 11.3 Å². The van der Waals surface area contributed by atoms with Crippen molar-refractivity contribution in [3.8, 4) is 0 Å². The molecule has 2 rings (SSSR count). The molecule has 0 aromatic carbocycles. The lowest BCUT2D eigenvalue weighted by Gasteiger charge is -2.10. The Hall–Kier alpha value is -0.920. The van der Waals surface area contributed by atoms with Crippen molar-refractivity contribution in [2.75, 3.05) is 5.73 Å². The lowest BCUT2D eigenvalue weighted by atomic mass is 9.98. The molecule has 1 heterocycles. The zero-order valence-electron chi connectivity index (χ0n) is 7.69. The summed E-state index contributed by atoms with van der Waals surface area (Å²) in [6, 6.07) is 0. The summed E-state index contributed by atoms with van der Waals surface area (Å²) in [5, 5.41) is -0.00208. The number of hydrogen-bond acceptors (Lipinski definition) is 5. The molecule has 0 saturated heterocycles. The van der Waals surface area contributed by atoms with Gasteiger partial charge in [0.15, 0.2) is 5.78 Å². The second-order valence-electron chi connectivity index (χ2n) is 3.35. The van der Waals surface area contributed by atoms with Gasteiger partial charge >= 0.3 is 0 Å². The monoisotopic (exact) mass is 247 g/mol. The average Bonchev–Trinajstić information content (AvgIpc) is 2.41. The summed E-state index contributed by atoms with van der Waals surface area (Å²) in [5.74, 6) is -0.0946. The summed E-state index contributed by atoms with van der Waals surface area (Å²) < 4.78 is 31.1.